The van der Waals surface area contributed by atoms with Gasteiger partial charge in [-0.15, -0.1) is 0 Å². The van der Waals surface area contributed by atoms with Crippen LogP contribution in [0.4, 0.5) is 5.69 Å². The summed E-state index contributed by atoms with van der Waals surface area (Å²) in [5.74, 6) is 0.628. The summed E-state index contributed by atoms with van der Waals surface area (Å²) in [4.78, 5) is 35.9. The van der Waals surface area contributed by atoms with Gasteiger partial charge in [-0.3, -0.25) is 18.9 Å². The fourth-order valence-electron chi connectivity index (χ4n) is 5.14. The maximum atomic E-state index is 13.3. The number of anilines is 1. The lowest BCUT2D eigenvalue weighted by Gasteiger charge is -2.36. The van der Waals surface area contributed by atoms with Crippen LogP contribution in [-0.2, 0) is 0 Å². The third-order valence-electron chi connectivity index (χ3n) is 7.27. The molecule has 0 atom stereocenters. The Morgan fingerprint density at radius 3 is 2.42 bits per heavy atom. The molecule has 1 amide bonds. The van der Waals surface area contributed by atoms with Crippen LogP contribution in [0.1, 0.15) is 10.4 Å². The molecule has 8 nitrogen and oxygen atoms in total. The van der Waals surface area contributed by atoms with Crippen molar-refractivity contribution in [2.45, 2.75) is 0 Å². The highest BCUT2D eigenvalue weighted by Gasteiger charge is 2.18. The van der Waals surface area contributed by atoms with Gasteiger partial charge in [-0.1, -0.05) is 24.3 Å². The highest BCUT2D eigenvalue weighted by molar-refractivity contribution is 6.02. The first kappa shape index (κ1) is 23.9. The number of hydrogen-bond acceptors (Lipinski definition) is 6. The van der Waals surface area contributed by atoms with E-state index in [-0.39, 0.29) is 11.5 Å². The van der Waals surface area contributed by atoms with Crippen LogP contribution in [0, 0.1) is 0 Å². The second-order valence-corrected chi connectivity index (χ2v) is 9.53. The van der Waals surface area contributed by atoms with Crippen molar-refractivity contribution in [1.29, 1.82) is 0 Å². The van der Waals surface area contributed by atoms with Crippen LogP contribution < -0.4 is 20.5 Å². The van der Waals surface area contributed by atoms with Gasteiger partial charge in [0.1, 0.15) is 5.75 Å². The van der Waals surface area contributed by atoms with Crippen LogP contribution >= 0.6 is 0 Å². The lowest BCUT2D eigenvalue weighted by Crippen LogP contribution is -2.48. The summed E-state index contributed by atoms with van der Waals surface area (Å²) in [6.45, 7) is 4.98. The van der Waals surface area contributed by atoms with Gasteiger partial charge in [0.05, 0.1) is 23.6 Å². The second-order valence-electron chi connectivity index (χ2n) is 9.53. The smallest absolute Gasteiger partial charge is 0.265 e. The van der Waals surface area contributed by atoms with Crippen LogP contribution in [0.2, 0.25) is 0 Å². The van der Waals surface area contributed by atoms with Gasteiger partial charge in [-0.25, -0.2) is 4.98 Å². The van der Waals surface area contributed by atoms with Gasteiger partial charge in [-0.2, -0.15) is 0 Å². The fraction of sp³-hybridized carbons (Fsp3) is 0.233. The van der Waals surface area contributed by atoms with Crippen molar-refractivity contribution in [1.82, 2.24) is 19.6 Å². The first-order valence-corrected chi connectivity index (χ1v) is 12.8. The molecule has 1 aliphatic rings. The Kier molecular flexibility index (Phi) is 6.39. The number of fused-ring (bicyclic) bond motifs is 3. The van der Waals surface area contributed by atoms with Gasteiger partial charge in [0.15, 0.2) is 5.65 Å². The number of nitrogens with zero attached hydrogens (tertiary/aromatic N) is 4. The maximum absolute atomic E-state index is 13.3. The summed E-state index contributed by atoms with van der Waals surface area (Å²) in [6, 6.07) is 23.2. The van der Waals surface area contributed by atoms with Crippen molar-refractivity contribution in [2.24, 2.45) is 0 Å². The van der Waals surface area contributed by atoms with E-state index in [1.54, 1.807) is 25.4 Å². The Morgan fingerprint density at radius 1 is 0.947 bits per heavy atom. The number of piperazine rings is 1. The summed E-state index contributed by atoms with van der Waals surface area (Å²) < 4.78 is 6.71. The van der Waals surface area contributed by atoms with E-state index in [1.807, 2.05) is 48.5 Å². The molecule has 0 saturated carbocycles. The van der Waals surface area contributed by atoms with Gasteiger partial charge < -0.3 is 15.0 Å². The topological polar surface area (TPSA) is 79.2 Å². The SMILES string of the molecule is COc1ccc(N2CCN(CCNC(=O)c3cccn4c(=O)c5cc6ccccc6cc5nc34)CC2)cc1. The molecule has 8 heteroatoms. The molecule has 3 aromatic carbocycles. The molecule has 192 valence electrons. The van der Waals surface area contributed by atoms with E-state index in [1.165, 1.54) is 10.1 Å². The molecule has 6 rings (SSSR count). The van der Waals surface area contributed by atoms with Crippen LogP contribution in [-0.4, -0.2) is 66.6 Å². The fourth-order valence-corrected chi connectivity index (χ4v) is 5.14. The molecule has 1 fully saturated rings. The summed E-state index contributed by atoms with van der Waals surface area (Å²) >= 11 is 0. The van der Waals surface area contributed by atoms with E-state index in [0.717, 1.165) is 49.2 Å². The monoisotopic (exact) mass is 507 g/mol. The van der Waals surface area contributed by atoms with Crippen molar-refractivity contribution in [3.8, 4) is 5.75 Å². The minimum Gasteiger partial charge on any atom is -0.497 e. The standard InChI is InChI=1S/C30H29N5O3/c1-38-24-10-8-23(9-11-24)34-17-15-33(16-18-34)14-12-31-29(36)25-7-4-13-35-28(25)32-27-20-22-6-3-2-5-21(22)19-26(27)30(35)37/h2-11,13,19-20H,12,14-18H2,1H3,(H,31,36). The highest BCUT2D eigenvalue weighted by Crippen LogP contribution is 2.22. The Morgan fingerprint density at radius 2 is 1.68 bits per heavy atom. The van der Waals surface area contributed by atoms with E-state index >= 15 is 0 Å². The molecule has 38 heavy (non-hydrogen) atoms. The van der Waals surface area contributed by atoms with Crippen LogP contribution in [0.5, 0.6) is 5.75 Å². The molecule has 0 spiro atoms. The van der Waals surface area contributed by atoms with Crippen LogP contribution in [0.15, 0.2) is 83.8 Å². The van der Waals surface area contributed by atoms with E-state index in [2.05, 4.69) is 27.2 Å². The Balaban J connectivity index is 1.13. The van der Waals surface area contributed by atoms with Crippen molar-refractivity contribution < 1.29 is 9.53 Å². The molecule has 2 aromatic heterocycles. The Bertz CT molecular complexity index is 1690. The van der Waals surface area contributed by atoms with E-state index < -0.39 is 0 Å². The normalized spacial score (nSPS) is 14.3. The number of aromatic nitrogens is 2. The summed E-state index contributed by atoms with van der Waals surface area (Å²) in [5, 5.41) is 5.55. The van der Waals surface area contributed by atoms with Gasteiger partial charge >= 0.3 is 0 Å². The van der Waals surface area contributed by atoms with Gasteiger partial charge in [0.2, 0.25) is 0 Å². The molecule has 1 saturated heterocycles. The van der Waals surface area contributed by atoms with Crippen molar-refractivity contribution in [2.75, 3.05) is 51.3 Å². The Labute approximate surface area is 220 Å². The van der Waals surface area contributed by atoms with Crippen molar-refractivity contribution in [3.63, 3.8) is 0 Å². The number of nitrogens with one attached hydrogen (secondary N) is 1. The molecule has 0 radical (unpaired) electrons. The predicted molar refractivity (Wildman–Crippen MR) is 150 cm³/mol. The van der Waals surface area contributed by atoms with Crippen molar-refractivity contribution in [3.05, 3.63) is 94.9 Å². The van der Waals surface area contributed by atoms with Crippen molar-refractivity contribution >= 4 is 38.9 Å². The average molecular weight is 508 g/mol. The van der Waals surface area contributed by atoms with E-state index in [0.29, 0.717) is 28.7 Å². The zero-order chi connectivity index (χ0) is 26.1. The number of hydrogen-bond donors (Lipinski definition) is 1. The molecule has 1 N–H and O–H groups in total. The summed E-state index contributed by atoms with van der Waals surface area (Å²) in [6.07, 6.45) is 1.67. The average Bonchev–Trinajstić information content (AvgIpc) is 2.96. The molecule has 0 bridgehead atoms. The predicted octanol–water partition coefficient (Wildman–Crippen LogP) is 3.56. The summed E-state index contributed by atoms with van der Waals surface area (Å²) in [7, 11) is 1.67. The van der Waals surface area contributed by atoms with E-state index in [9.17, 15) is 9.59 Å². The highest BCUT2D eigenvalue weighted by atomic mass is 16.5. The third kappa shape index (κ3) is 4.54. The van der Waals surface area contributed by atoms with Crippen LogP contribution in [0.3, 0.4) is 0 Å². The summed E-state index contributed by atoms with van der Waals surface area (Å²) in [5.41, 5.74) is 2.36. The first-order valence-electron chi connectivity index (χ1n) is 12.8. The number of ether oxygens (including phenoxy) is 1. The lowest BCUT2D eigenvalue weighted by molar-refractivity contribution is 0.0949. The van der Waals surface area contributed by atoms with Gasteiger partial charge in [0, 0.05) is 51.2 Å². The zero-order valence-electron chi connectivity index (χ0n) is 21.3. The number of amides is 1. The molecular formula is C30H29N5O3. The number of benzene rings is 3. The number of carbonyl (C=O) groups is 1. The first-order chi connectivity index (χ1) is 18.6. The lowest BCUT2D eigenvalue weighted by atomic mass is 10.1. The minimum absolute atomic E-state index is 0.180. The molecule has 5 aromatic rings. The molecule has 1 aliphatic heterocycles. The minimum atomic E-state index is -0.230. The van der Waals surface area contributed by atoms with Gasteiger partial charge in [-0.05, 0) is 59.3 Å². The third-order valence-corrected chi connectivity index (χ3v) is 7.27. The van der Waals surface area contributed by atoms with E-state index in [4.69, 9.17) is 9.72 Å². The number of pyridine rings is 1. The molecular weight excluding hydrogens is 478 g/mol. The zero-order valence-corrected chi connectivity index (χ0v) is 21.3. The van der Waals surface area contributed by atoms with Gasteiger partial charge in [0.25, 0.3) is 11.5 Å². The number of methoxy groups -OCH3 is 1. The van der Waals surface area contributed by atoms with Crippen LogP contribution in [0.25, 0.3) is 27.3 Å². The second kappa shape index (κ2) is 10.1. The molecule has 0 unspecified atom stereocenters. The Hall–Kier alpha value is -4.43. The molecule has 3 heterocycles. The quantitative estimate of drug-likeness (QED) is 0.354. The molecule has 0 aliphatic carbocycles. The number of carbonyl (C=O) groups excluding carboxylic acids is 1. The largest absolute Gasteiger partial charge is 0.497 e. The maximum Gasteiger partial charge on any atom is 0.265 e. The number of rotatable bonds is 6.